The number of sulfonamides is 1. The highest BCUT2D eigenvalue weighted by Crippen LogP contribution is 2.31. The zero-order chi connectivity index (χ0) is 18.9. The van der Waals surface area contributed by atoms with Crippen LogP contribution < -0.4 is 9.21 Å². The summed E-state index contributed by atoms with van der Waals surface area (Å²) in [6.45, 7) is 4.25. The summed E-state index contributed by atoms with van der Waals surface area (Å²) in [6, 6.07) is 13.2. The summed E-state index contributed by atoms with van der Waals surface area (Å²) in [7, 11) is -3.58. The Morgan fingerprint density at radius 2 is 1.77 bits per heavy atom. The van der Waals surface area contributed by atoms with Crippen molar-refractivity contribution in [2.45, 2.75) is 26.7 Å². The second kappa shape index (κ2) is 7.11. The third-order valence-electron chi connectivity index (χ3n) is 4.78. The Labute approximate surface area is 155 Å². The summed E-state index contributed by atoms with van der Waals surface area (Å²) in [6.07, 6.45) is 2.96. The molecule has 1 amide bonds. The fourth-order valence-electron chi connectivity index (χ4n) is 3.53. The van der Waals surface area contributed by atoms with Gasteiger partial charge in [-0.1, -0.05) is 36.4 Å². The van der Waals surface area contributed by atoms with Gasteiger partial charge in [-0.05, 0) is 49.4 Å². The predicted octanol–water partition coefficient (Wildman–Crippen LogP) is 3.05. The summed E-state index contributed by atoms with van der Waals surface area (Å²) in [5.74, 6) is -0.200. The lowest BCUT2D eigenvalue weighted by Crippen LogP contribution is -2.45. The van der Waals surface area contributed by atoms with E-state index in [4.69, 9.17) is 0 Å². The highest BCUT2D eigenvalue weighted by molar-refractivity contribution is 7.92. The highest BCUT2D eigenvalue weighted by atomic mass is 32.2. The van der Waals surface area contributed by atoms with E-state index in [2.05, 4.69) is 0 Å². The van der Waals surface area contributed by atoms with Gasteiger partial charge in [0.05, 0.1) is 11.9 Å². The number of anilines is 2. The van der Waals surface area contributed by atoms with Crippen LogP contribution in [0.4, 0.5) is 11.4 Å². The SMILES string of the molecule is Cc1ccccc1N(CC(=O)N1CCCc2cccc(C)c21)S(C)(=O)=O. The number of hydrogen-bond donors (Lipinski definition) is 0. The molecule has 0 saturated carbocycles. The molecule has 0 bridgehead atoms. The third-order valence-corrected chi connectivity index (χ3v) is 5.91. The number of nitrogens with zero attached hydrogens (tertiary/aromatic N) is 2. The number of fused-ring (bicyclic) bond motifs is 1. The molecule has 2 aromatic carbocycles. The first-order valence-corrected chi connectivity index (χ1v) is 10.6. The lowest BCUT2D eigenvalue weighted by Gasteiger charge is -2.33. The van der Waals surface area contributed by atoms with Crippen LogP contribution in [-0.4, -0.2) is 33.7 Å². The van der Waals surface area contributed by atoms with E-state index in [1.807, 2.05) is 44.2 Å². The van der Waals surface area contributed by atoms with E-state index >= 15 is 0 Å². The van der Waals surface area contributed by atoms with Crippen molar-refractivity contribution in [2.75, 3.05) is 28.6 Å². The lowest BCUT2D eigenvalue weighted by atomic mass is 9.98. The van der Waals surface area contributed by atoms with Crippen molar-refractivity contribution in [3.63, 3.8) is 0 Å². The van der Waals surface area contributed by atoms with Crippen LogP contribution in [0.3, 0.4) is 0 Å². The minimum absolute atomic E-state index is 0.197. The molecule has 138 valence electrons. The second-order valence-corrected chi connectivity index (χ2v) is 8.69. The molecule has 6 heteroatoms. The zero-order valence-electron chi connectivity index (χ0n) is 15.4. The Morgan fingerprint density at radius 3 is 2.46 bits per heavy atom. The van der Waals surface area contributed by atoms with Crippen LogP contribution in [-0.2, 0) is 21.2 Å². The number of amides is 1. The van der Waals surface area contributed by atoms with Crippen LogP contribution in [0, 0.1) is 13.8 Å². The van der Waals surface area contributed by atoms with Crippen LogP contribution >= 0.6 is 0 Å². The van der Waals surface area contributed by atoms with E-state index in [0.29, 0.717) is 12.2 Å². The Kier molecular flexibility index (Phi) is 5.05. The fraction of sp³-hybridized carbons (Fsp3) is 0.350. The van der Waals surface area contributed by atoms with Crippen molar-refractivity contribution >= 4 is 27.3 Å². The Morgan fingerprint density at radius 1 is 1.08 bits per heavy atom. The molecule has 0 radical (unpaired) electrons. The van der Waals surface area contributed by atoms with Gasteiger partial charge in [-0.2, -0.15) is 0 Å². The van der Waals surface area contributed by atoms with Gasteiger partial charge < -0.3 is 4.90 Å². The van der Waals surface area contributed by atoms with E-state index < -0.39 is 10.0 Å². The number of para-hydroxylation sites is 2. The second-order valence-electron chi connectivity index (χ2n) is 6.79. The Hall–Kier alpha value is -2.34. The number of carbonyl (C=O) groups is 1. The summed E-state index contributed by atoms with van der Waals surface area (Å²) < 4.78 is 25.9. The lowest BCUT2D eigenvalue weighted by molar-refractivity contribution is -0.117. The number of aryl methyl sites for hydroxylation is 3. The highest BCUT2D eigenvalue weighted by Gasteiger charge is 2.28. The van der Waals surface area contributed by atoms with Gasteiger partial charge in [0.25, 0.3) is 0 Å². The van der Waals surface area contributed by atoms with Crippen molar-refractivity contribution in [1.82, 2.24) is 0 Å². The smallest absolute Gasteiger partial charge is 0.247 e. The van der Waals surface area contributed by atoms with E-state index in [1.54, 1.807) is 17.0 Å². The van der Waals surface area contributed by atoms with Gasteiger partial charge in [-0.25, -0.2) is 8.42 Å². The average Bonchev–Trinajstić information content (AvgIpc) is 2.59. The van der Waals surface area contributed by atoms with Crippen LogP contribution in [0.2, 0.25) is 0 Å². The summed E-state index contributed by atoms with van der Waals surface area (Å²) in [5.41, 5.74) is 4.48. The van der Waals surface area contributed by atoms with E-state index in [9.17, 15) is 13.2 Å². The maximum Gasteiger partial charge on any atom is 0.247 e. The molecule has 0 N–H and O–H groups in total. The van der Waals surface area contributed by atoms with E-state index in [1.165, 1.54) is 4.31 Å². The minimum Gasteiger partial charge on any atom is -0.310 e. The molecule has 26 heavy (non-hydrogen) atoms. The molecule has 0 unspecified atom stereocenters. The first-order chi connectivity index (χ1) is 12.3. The third kappa shape index (κ3) is 3.60. The van der Waals surface area contributed by atoms with Gasteiger partial charge in [0.2, 0.25) is 15.9 Å². The number of benzene rings is 2. The van der Waals surface area contributed by atoms with Crippen LogP contribution in [0.1, 0.15) is 23.1 Å². The van der Waals surface area contributed by atoms with Crippen molar-refractivity contribution in [2.24, 2.45) is 0 Å². The molecular weight excluding hydrogens is 348 g/mol. The maximum atomic E-state index is 13.1. The molecule has 3 rings (SSSR count). The molecule has 0 spiro atoms. The molecular formula is C20H24N2O3S. The molecule has 0 fully saturated rings. The quantitative estimate of drug-likeness (QED) is 0.829. The molecule has 0 atom stereocenters. The van der Waals surface area contributed by atoms with Gasteiger partial charge in [0.15, 0.2) is 0 Å². The van der Waals surface area contributed by atoms with Crippen LogP contribution in [0.25, 0.3) is 0 Å². The minimum atomic E-state index is -3.58. The van der Waals surface area contributed by atoms with Gasteiger partial charge in [0, 0.05) is 12.2 Å². The zero-order valence-corrected chi connectivity index (χ0v) is 16.2. The number of carbonyl (C=O) groups excluding carboxylic acids is 1. The van der Waals surface area contributed by atoms with Crippen molar-refractivity contribution in [1.29, 1.82) is 0 Å². The van der Waals surface area contributed by atoms with E-state index in [0.717, 1.165) is 41.5 Å². The monoisotopic (exact) mass is 372 g/mol. The van der Waals surface area contributed by atoms with Gasteiger partial charge >= 0.3 is 0 Å². The molecule has 1 aliphatic heterocycles. The summed E-state index contributed by atoms with van der Waals surface area (Å²) in [4.78, 5) is 14.8. The molecule has 1 aliphatic rings. The van der Waals surface area contributed by atoms with Crippen LogP contribution in [0.15, 0.2) is 42.5 Å². The number of hydrogen-bond acceptors (Lipinski definition) is 3. The average molecular weight is 372 g/mol. The topological polar surface area (TPSA) is 57.7 Å². The standard InChI is InChI=1S/C20H24N2O3S/c1-15-8-4-5-12-18(15)22(26(3,24)25)14-19(23)21-13-7-11-17-10-6-9-16(2)20(17)21/h4-6,8-10,12H,7,11,13-14H2,1-3H3. The molecule has 0 aliphatic carbocycles. The molecule has 2 aromatic rings. The van der Waals surface area contributed by atoms with Crippen molar-refractivity contribution in [3.05, 3.63) is 59.2 Å². The molecule has 1 heterocycles. The van der Waals surface area contributed by atoms with Crippen molar-refractivity contribution in [3.8, 4) is 0 Å². The summed E-state index contributed by atoms with van der Waals surface area (Å²) in [5, 5.41) is 0. The molecule has 5 nitrogen and oxygen atoms in total. The molecule has 0 saturated heterocycles. The predicted molar refractivity (Wildman–Crippen MR) is 105 cm³/mol. The normalized spacial score (nSPS) is 14.0. The number of rotatable bonds is 4. The Balaban J connectivity index is 1.95. The Bertz CT molecular complexity index is 938. The maximum absolute atomic E-state index is 13.1. The van der Waals surface area contributed by atoms with Gasteiger partial charge in [-0.15, -0.1) is 0 Å². The summed E-state index contributed by atoms with van der Waals surface area (Å²) >= 11 is 0. The van der Waals surface area contributed by atoms with Gasteiger partial charge in [-0.3, -0.25) is 9.10 Å². The van der Waals surface area contributed by atoms with Crippen LogP contribution in [0.5, 0.6) is 0 Å². The van der Waals surface area contributed by atoms with Gasteiger partial charge in [0.1, 0.15) is 6.54 Å². The first kappa shape index (κ1) is 18.5. The first-order valence-electron chi connectivity index (χ1n) is 8.71. The largest absolute Gasteiger partial charge is 0.310 e. The van der Waals surface area contributed by atoms with Crippen molar-refractivity contribution < 1.29 is 13.2 Å². The molecule has 0 aromatic heterocycles. The fourth-order valence-corrected chi connectivity index (χ4v) is 4.44. The van der Waals surface area contributed by atoms with E-state index in [-0.39, 0.29) is 12.5 Å².